The molecule has 0 fully saturated rings. The smallest absolute Gasteiger partial charge is 0.141 e. The minimum atomic E-state index is -0.416. The SMILES string of the molecule is CNC(C=O)c1cccc(F)c1.Cl. The molecule has 0 aromatic heterocycles. The third-order valence-electron chi connectivity index (χ3n) is 1.65. The first-order valence-electron chi connectivity index (χ1n) is 3.66. The zero-order valence-electron chi connectivity index (χ0n) is 7.16. The highest BCUT2D eigenvalue weighted by Gasteiger charge is 2.06. The zero-order valence-corrected chi connectivity index (χ0v) is 7.98. The Kier molecular flexibility index (Phi) is 5.26. The van der Waals surface area contributed by atoms with Crippen LogP contribution in [0.3, 0.4) is 0 Å². The highest BCUT2D eigenvalue weighted by atomic mass is 35.5. The van der Waals surface area contributed by atoms with Crippen molar-refractivity contribution in [1.29, 1.82) is 0 Å². The van der Waals surface area contributed by atoms with Crippen molar-refractivity contribution in [3.8, 4) is 0 Å². The molecule has 0 radical (unpaired) electrons. The van der Waals surface area contributed by atoms with Gasteiger partial charge in [0, 0.05) is 0 Å². The maximum Gasteiger partial charge on any atom is 0.141 e. The second-order valence-corrected chi connectivity index (χ2v) is 2.46. The highest BCUT2D eigenvalue weighted by Crippen LogP contribution is 2.10. The summed E-state index contributed by atoms with van der Waals surface area (Å²) in [7, 11) is 1.66. The molecular formula is C9H11ClFNO. The number of hydrogen-bond acceptors (Lipinski definition) is 2. The predicted octanol–water partition coefficient (Wildman–Crippen LogP) is 1.71. The Morgan fingerprint density at radius 1 is 1.54 bits per heavy atom. The van der Waals surface area contributed by atoms with Crippen LogP contribution in [0, 0.1) is 5.82 Å². The molecule has 1 atom stereocenters. The number of halogens is 2. The van der Waals surface area contributed by atoms with E-state index in [0.29, 0.717) is 5.56 Å². The lowest BCUT2D eigenvalue weighted by Gasteiger charge is -2.08. The van der Waals surface area contributed by atoms with Crippen LogP contribution < -0.4 is 5.32 Å². The molecule has 1 N–H and O–H groups in total. The Bertz CT molecular complexity index is 280. The third-order valence-corrected chi connectivity index (χ3v) is 1.65. The van der Waals surface area contributed by atoms with Gasteiger partial charge < -0.3 is 10.1 Å². The minimum Gasteiger partial charge on any atom is -0.307 e. The molecule has 0 saturated heterocycles. The van der Waals surface area contributed by atoms with Crippen LogP contribution in [0.1, 0.15) is 11.6 Å². The van der Waals surface area contributed by atoms with Crippen LogP contribution in [0.2, 0.25) is 0 Å². The van der Waals surface area contributed by atoms with Crippen molar-refractivity contribution in [3.05, 3.63) is 35.6 Å². The summed E-state index contributed by atoms with van der Waals surface area (Å²) < 4.78 is 12.7. The first kappa shape index (κ1) is 12.1. The summed E-state index contributed by atoms with van der Waals surface area (Å²) in [4.78, 5) is 10.5. The molecule has 0 aliphatic carbocycles. The average Bonchev–Trinajstić information content (AvgIpc) is 2.07. The molecule has 0 bridgehead atoms. The minimum absolute atomic E-state index is 0. The summed E-state index contributed by atoms with van der Waals surface area (Å²) in [5, 5.41) is 2.76. The Balaban J connectivity index is 0.00000144. The largest absolute Gasteiger partial charge is 0.307 e. The van der Waals surface area contributed by atoms with Crippen molar-refractivity contribution >= 4 is 18.7 Å². The summed E-state index contributed by atoms with van der Waals surface area (Å²) in [6, 6.07) is 5.56. The summed E-state index contributed by atoms with van der Waals surface area (Å²) in [5.41, 5.74) is 0.646. The average molecular weight is 204 g/mol. The first-order valence-corrected chi connectivity index (χ1v) is 3.66. The molecule has 0 aliphatic rings. The standard InChI is InChI=1S/C9H10FNO.ClH/c1-11-9(6-12)7-3-2-4-8(10)5-7;/h2-6,9,11H,1H3;1H. The van der Waals surface area contributed by atoms with E-state index in [0.717, 1.165) is 6.29 Å². The van der Waals surface area contributed by atoms with Crippen molar-refractivity contribution in [1.82, 2.24) is 5.32 Å². The van der Waals surface area contributed by atoms with E-state index in [9.17, 15) is 9.18 Å². The van der Waals surface area contributed by atoms with Gasteiger partial charge in [-0.3, -0.25) is 0 Å². The van der Waals surface area contributed by atoms with Crippen molar-refractivity contribution in [3.63, 3.8) is 0 Å². The number of aldehydes is 1. The van der Waals surface area contributed by atoms with E-state index in [-0.39, 0.29) is 18.2 Å². The molecule has 13 heavy (non-hydrogen) atoms. The molecule has 1 rings (SSSR count). The van der Waals surface area contributed by atoms with Gasteiger partial charge in [-0.1, -0.05) is 12.1 Å². The van der Waals surface area contributed by atoms with Crippen LogP contribution in [0.15, 0.2) is 24.3 Å². The van der Waals surface area contributed by atoms with Crippen molar-refractivity contribution < 1.29 is 9.18 Å². The topological polar surface area (TPSA) is 29.1 Å². The quantitative estimate of drug-likeness (QED) is 0.758. The zero-order chi connectivity index (χ0) is 8.97. The van der Waals surface area contributed by atoms with Gasteiger partial charge in [0.05, 0.1) is 6.04 Å². The molecule has 1 unspecified atom stereocenters. The van der Waals surface area contributed by atoms with Crippen LogP contribution in [-0.2, 0) is 4.79 Å². The van der Waals surface area contributed by atoms with Crippen molar-refractivity contribution in [2.24, 2.45) is 0 Å². The lowest BCUT2D eigenvalue weighted by atomic mass is 10.1. The fraction of sp³-hybridized carbons (Fsp3) is 0.222. The molecule has 0 heterocycles. The van der Waals surface area contributed by atoms with Crippen LogP contribution in [0.5, 0.6) is 0 Å². The maximum atomic E-state index is 12.7. The second-order valence-electron chi connectivity index (χ2n) is 2.46. The fourth-order valence-electron chi connectivity index (χ4n) is 1.01. The molecule has 0 spiro atoms. The van der Waals surface area contributed by atoms with Crippen LogP contribution in [0.4, 0.5) is 4.39 Å². The van der Waals surface area contributed by atoms with Gasteiger partial charge in [-0.2, -0.15) is 0 Å². The second kappa shape index (κ2) is 5.67. The third kappa shape index (κ3) is 3.13. The van der Waals surface area contributed by atoms with E-state index in [2.05, 4.69) is 5.32 Å². The Morgan fingerprint density at radius 3 is 2.69 bits per heavy atom. The van der Waals surface area contributed by atoms with Gasteiger partial charge >= 0.3 is 0 Å². The van der Waals surface area contributed by atoms with Gasteiger partial charge in [-0.15, -0.1) is 12.4 Å². The lowest BCUT2D eigenvalue weighted by Crippen LogP contribution is -2.17. The molecule has 0 amide bonds. The molecule has 4 heteroatoms. The number of benzene rings is 1. The van der Waals surface area contributed by atoms with Gasteiger partial charge in [0.2, 0.25) is 0 Å². The van der Waals surface area contributed by atoms with E-state index in [1.165, 1.54) is 12.1 Å². The van der Waals surface area contributed by atoms with Crippen molar-refractivity contribution in [2.45, 2.75) is 6.04 Å². The molecule has 2 nitrogen and oxygen atoms in total. The Morgan fingerprint density at radius 2 is 2.23 bits per heavy atom. The van der Waals surface area contributed by atoms with E-state index in [1.54, 1.807) is 19.2 Å². The molecule has 1 aromatic rings. The molecular weight excluding hydrogens is 193 g/mol. The van der Waals surface area contributed by atoms with Crippen molar-refractivity contribution in [2.75, 3.05) is 7.05 Å². The number of likely N-dealkylation sites (N-methyl/N-ethyl adjacent to an activating group) is 1. The molecule has 72 valence electrons. The van der Waals surface area contributed by atoms with Gasteiger partial charge in [-0.05, 0) is 24.7 Å². The summed E-state index contributed by atoms with van der Waals surface area (Å²) in [5.74, 6) is -0.324. The molecule has 1 aromatic carbocycles. The molecule has 0 saturated carbocycles. The number of rotatable bonds is 3. The molecule has 0 aliphatic heterocycles. The maximum absolute atomic E-state index is 12.7. The van der Waals surface area contributed by atoms with E-state index in [4.69, 9.17) is 0 Å². The van der Waals surface area contributed by atoms with E-state index < -0.39 is 6.04 Å². The fourth-order valence-corrected chi connectivity index (χ4v) is 1.01. The Hall–Kier alpha value is -0.930. The lowest BCUT2D eigenvalue weighted by molar-refractivity contribution is -0.109. The number of carbonyl (C=O) groups is 1. The Labute approximate surface area is 82.6 Å². The summed E-state index contributed by atoms with van der Waals surface area (Å²) >= 11 is 0. The van der Waals surface area contributed by atoms with E-state index in [1.807, 2.05) is 0 Å². The monoisotopic (exact) mass is 203 g/mol. The van der Waals surface area contributed by atoms with Gasteiger partial charge in [0.25, 0.3) is 0 Å². The first-order chi connectivity index (χ1) is 5.77. The van der Waals surface area contributed by atoms with E-state index >= 15 is 0 Å². The number of hydrogen-bond donors (Lipinski definition) is 1. The normalized spacial score (nSPS) is 11.5. The van der Waals surface area contributed by atoms with Gasteiger partial charge in [-0.25, -0.2) is 4.39 Å². The predicted molar refractivity (Wildman–Crippen MR) is 51.5 cm³/mol. The highest BCUT2D eigenvalue weighted by molar-refractivity contribution is 5.85. The van der Waals surface area contributed by atoms with Gasteiger partial charge in [0.1, 0.15) is 12.1 Å². The van der Waals surface area contributed by atoms with Crippen LogP contribution >= 0.6 is 12.4 Å². The number of carbonyl (C=O) groups excluding carboxylic acids is 1. The van der Waals surface area contributed by atoms with Crippen LogP contribution in [0.25, 0.3) is 0 Å². The van der Waals surface area contributed by atoms with Gasteiger partial charge in [0.15, 0.2) is 0 Å². The van der Waals surface area contributed by atoms with Crippen LogP contribution in [-0.4, -0.2) is 13.3 Å². The summed E-state index contributed by atoms with van der Waals surface area (Å²) in [6.07, 6.45) is 0.745. The summed E-state index contributed by atoms with van der Waals surface area (Å²) in [6.45, 7) is 0. The number of nitrogens with one attached hydrogen (secondary N) is 1.